The van der Waals surface area contributed by atoms with Crippen molar-refractivity contribution in [3.05, 3.63) is 58.6 Å². The van der Waals surface area contributed by atoms with E-state index >= 15 is 0 Å². The van der Waals surface area contributed by atoms with Gasteiger partial charge in [0.15, 0.2) is 0 Å². The van der Waals surface area contributed by atoms with E-state index in [1.807, 2.05) is 43.9 Å². The van der Waals surface area contributed by atoms with Crippen LogP contribution in [0.3, 0.4) is 0 Å². The molecule has 0 saturated carbocycles. The molecule has 2 nitrogen and oxygen atoms in total. The van der Waals surface area contributed by atoms with Crippen LogP contribution in [0.5, 0.6) is 5.75 Å². The first-order valence-electron chi connectivity index (χ1n) is 7.02. The normalized spacial score (nSPS) is 12.1. The van der Waals surface area contributed by atoms with Gasteiger partial charge in [0.1, 0.15) is 5.75 Å². The second-order valence-electron chi connectivity index (χ2n) is 4.55. The van der Waals surface area contributed by atoms with E-state index < -0.39 is 0 Å². The van der Waals surface area contributed by atoms with E-state index in [9.17, 15) is 0 Å². The van der Waals surface area contributed by atoms with Crippen LogP contribution in [0, 0.1) is 0 Å². The van der Waals surface area contributed by atoms with Crippen LogP contribution >= 0.6 is 27.7 Å². The van der Waals surface area contributed by atoms with Crippen LogP contribution in [0.2, 0.25) is 0 Å². The number of para-hydroxylation sites is 1. The summed E-state index contributed by atoms with van der Waals surface area (Å²) >= 11 is 5.43. The summed E-state index contributed by atoms with van der Waals surface area (Å²) in [6.45, 7) is 2.70. The average molecular weight is 366 g/mol. The number of rotatable bonds is 7. The van der Waals surface area contributed by atoms with Gasteiger partial charge in [-0.2, -0.15) is 0 Å². The summed E-state index contributed by atoms with van der Waals surface area (Å²) in [5.74, 6) is 1.91. The molecule has 0 aromatic heterocycles. The molecule has 0 amide bonds. The van der Waals surface area contributed by atoms with E-state index in [2.05, 4.69) is 51.6 Å². The SMILES string of the molecule is CCOc1ccccc1C(CSc1ccccc1Br)NC. The molecule has 0 aliphatic heterocycles. The van der Waals surface area contributed by atoms with Gasteiger partial charge in [0, 0.05) is 26.7 Å². The molecule has 21 heavy (non-hydrogen) atoms. The standard InChI is InChI=1S/C17H20BrNOS/c1-3-20-16-10-6-4-8-13(16)15(19-2)12-21-17-11-7-5-9-14(17)18/h4-11,15,19H,3,12H2,1-2H3. The molecule has 0 spiro atoms. The molecule has 0 radical (unpaired) electrons. The minimum absolute atomic E-state index is 0.254. The molecule has 0 fully saturated rings. The predicted octanol–water partition coefficient (Wildman–Crippen LogP) is 4.90. The molecule has 0 aliphatic carbocycles. The fourth-order valence-corrected chi connectivity index (χ4v) is 3.82. The molecule has 0 heterocycles. The number of ether oxygens (including phenoxy) is 1. The molecule has 1 atom stereocenters. The summed E-state index contributed by atoms with van der Waals surface area (Å²) in [7, 11) is 1.99. The van der Waals surface area contributed by atoms with Gasteiger partial charge < -0.3 is 10.1 Å². The van der Waals surface area contributed by atoms with E-state index in [4.69, 9.17) is 4.74 Å². The van der Waals surface area contributed by atoms with Crippen molar-refractivity contribution in [1.29, 1.82) is 0 Å². The Balaban J connectivity index is 2.12. The van der Waals surface area contributed by atoms with E-state index in [1.54, 1.807) is 0 Å². The predicted molar refractivity (Wildman–Crippen MR) is 94.3 cm³/mol. The van der Waals surface area contributed by atoms with Crippen LogP contribution in [0.25, 0.3) is 0 Å². The molecular weight excluding hydrogens is 346 g/mol. The Morgan fingerprint density at radius 2 is 1.86 bits per heavy atom. The fraction of sp³-hybridized carbons (Fsp3) is 0.294. The van der Waals surface area contributed by atoms with E-state index in [1.165, 1.54) is 10.5 Å². The molecule has 2 aromatic rings. The van der Waals surface area contributed by atoms with Crippen molar-refractivity contribution < 1.29 is 4.74 Å². The zero-order chi connectivity index (χ0) is 15.1. The van der Waals surface area contributed by atoms with Crippen molar-refractivity contribution >= 4 is 27.7 Å². The zero-order valence-corrected chi connectivity index (χ0v) is 14.7. The van der Waals surface area contributed by atoms with Gasteiger partial charge in [-0.15, -0.1) is 11.8 Å². The third kappa shape index (κ3) is 4.50. The summed E-state index contributed by atoms with van der Waals surface area (Å²) in [4.78, 5) is 1.26. The summed E-state index contributed by atoms with van der Waals surface area (Å²) < 4.78 is 6.88. The number of hydrogen-bond donors (Lipinski definition) is 1. The molecular formula is C17H20BrNOS. The van der Waals surface area contributed by atoms with Crippen LogP contribution in [-0.4, -0.2) is 19.4 Å². The molecule has 0 aliphatic rings. The van der Waals surface area contributed by atoms with Crippen molar-refractivity contribution in [2.24, 2.45) is 0 Å². The monoisotopic (exact) mass is 365 g/mol. The van der Waals surface area contributed by atoms with Crippen molar-refractivity contribution in [2.45, 2.75) is 17.9 Å². The summed E-state index contributed by atoms with van der Waals surface area (Å²) in [5, 5.41) is 3.39. The Bertz CT molecular complexity index is 576. The van der Waals surface area contributed by atoms with Crippen molar-refractivity contribution in [3.63, 3.8) is 0 Å². The highest BCUT2D eigenvalue weighted by atomic mass is 79.9. The molecule has 1 N–H and O–H groups in total. The van der Waals surface area contributed by atoms with Crippen LogP contribution in [0.4, 0.5) is 0 Å². The van der Waals surface area contributed by atoms with Gasteiger partial charge in [-0.25, -0.2) is 0 Å². The Hall–Kier alpha value is -0.970. The minimum Gasteiger partial charge on any atom is -0.494 e. The lowest BCUT2D eigenvalue weighted by molar-refractivity contribution is 0.333. The second-order valence-corrected chi connectivity index (χ2v) is 6.47. The summed E-state index contributed by atoms with van der Waals surface area (Å²) in [6.07, 6.45) is 0. The first-order valence-corrected chi connectivity index (χ1v) is 8.80. The Kier molecular flexibility index (Phi) is 6.61. The Morgan fingerprint density at radius 1 is 1.14 bits per heavy atom. The van der Waals surface area contributed by atoms with Gasteiger partial charge in [0.05, 0.1) is 6.61 Å². The second kappa shape index (κ2) is 8.47. The first kappa shape index (κ1) is 16.4. The van der Waals surface area contributed by atoms with Crippen molar-refractivity contribution in [1.82, 2.24) is 5.32 Å². The third-order valence-corrected chi connectivity index (χ3v) is 5.31. The zero-order valence-electron chi connectivity index (χ0n) is 12.3. The van der Waals surface area contributed by atoms with Crippen LogP contribution in [0.15, 0.2) is 57.9 Å². The topological polar surface area (TPSA) is 21.3 Å². The molecule has 1 unspecified atom stereocenters. The molecule has 112 valence electrons. The number of thioether (sulfide) groups is 1. The van der Waals surface area contributed by atoms with Crippen LogP contribution in [0.1, 0.15) is 18.5 Å². The maximum atomic E-state index is 5.74. The van der Waals surface area contributed by atoms with Crippen LogP contribution in [-0.2, 0) is 0 Å². The highest BCUT2D eigenvalue weighted by Crippen LogP contribution is 2.33. The molecule has 0 bridgehead atoms. The van der Waals surface area contributed by atoms with Crippen LogP contribution < -0.4 is 10.1 Å². The highest BCUT2D eigenvalue weighted by molar-refractivity contribution is 9.10. The van der Waals surface area contributed by atoms with E-state index in [-0.39, 0.29) is 6.04 Å². The lowest BCUT2D eigenvalue weighted by atomic mass is 10.1. The van der Waals surface area contributed by atoms with Gasteiger partial charge in [-0.3, -0.25) is 0 Å². The van der Waals surface area contributed by atoms with Crippen molar-refractivity contribution in [2.75, 3.05) is 19.4 Å². The van der Waals surface area contributed by atoms with Crippen molar-refractivity contribution in [3.8, 4) is 5.75 Å². The molecule has 0 saturated heterocycles. The Morgan fingerprint density at radius 3 is 2.57 bits per heavy atom. The molecule has 2 rings (SSSR count). The van der Waals surface area contributed by atoms with E-state index in [0.717, 1.165) is 16.0 Å². The first-order chi connectivity index (χ1) is 10.3. The molecule has 2 aromatic carbocycles. The summed E-state index contributed by atoms with van der Waals surface area (Å²) in [6, 6.07) is 16.8. The number of benzene rings is 2. The smallest absolute Gasteiger partial charge is 0.124 e. The fourth-order valence-electron chi connectivity index (χ4n) is 2.12. The van der Waals surface area contributed by atoms with Gasteiger partial charge in [-0.05, 0) is 48.1 Å². The minimum atomic E-state index is 0.254. The van der Waals surface area contributed by atoms with Gasteiger partial charge in [0.2, 0.25) is 0 Å². The number of halogens is 1. The summed E-state index contributed by atoms with van der Waals surface area (Å²) in [5.41, 5.74) is 1.21. The maximum Gasteiger partial charge on any atom is 0.124 e. The molecule has 4 heteroatoms. The highest BCUT2D eigenvalue weighted by Gasteiger charge is 2.15. The number of hydrogen-bond acceptors (Lipinski definition) is 3. The lowest BCUT2D eigenvalue weighted by Crippen LogP contribution is -2.19. The lowest BCUT2D eigenvalue weighted by Gasteiger charge is -2.20. The van der Waals surface area contributed by atoms with Gasteiger partial charge in [-0.1, -0.05) is 30.3 Å². The van der Waals surface area contributed by atoms with Gasteiger partial charge in [0.25, 0.3) is 0 Å². The Labute approximate surface area is 139 Å². The quantitative estimate of drug-likeness (QED) is 0.705. The number of nitrogens with one attached hydrogen (secondary N) is 1. The largest absolute Gasteiger partial charge is 0.494 e. The third-order valence-electron chi connectivity index (χ3n) is 3.18. The van der Waals surface area contributed by atoms with Gasteiger partial charge >= 0.3 is 0 Å². The maximum absolute atomic E-state index is 5.74. The average Bonchev–Trinajstić information content (AvgIpc) is 2.51. The van der Waals surface area contributed by atoms with E-state index in [0.29, 0.717) is 6.61 Å².